The van der Waals surface area contributed by atoms with Gasteiger partial charge in [0.25, 0.3) is 5.91 Å². The summed E-state index contributed by atoms with van der Waals surface area (Å²) in [6.45, 7) is 5.94. The number of carbonyl (C=O) groups is 3. The molecule has 0 aliphatic heterocycles. The standard InChI is InChI=1S/C27H27N5O5/c1-27(2,3)22-14-23(32-37-22)31-26(35)30-19-9-7-18(8-10-19)29-25(34)21-13-17(15-28-21)24(33)16-5-11-20(36-4)12-6-16/h5-15,28H,1-4H3,(H,29,34)(H2,30,31,32,35). The lowest BCUT2D eigenvalue weighted by Gasteiger charge is -2.12. The van der Waals surface area contributed by atoms with Crippen molar-refractivity contribution in [1.29, 1.82) is 0 Å². The normalized spacial score (nSPS) is 11.0. The Labute approximate surface area is 213 Å². The van der Waals surface area contributed by atoms with Crippen LogP contribution in [-0.4, -0.2) is 35.0 Å². The van der Waals surface area contributed by atoms with Crippen LogP contribution in [0, 0.1) is 0 Å². The van der Waals surface area contributed by atoms with Gasteiger partial charge >= 0.3 is 6.03 Å². The number of ether oxygens (including phenoxy) is 1. The number of hydrogen-bond donors (Lipinski definition) is 4. The van der Waals surface area contributed by atoms with E-state index in [0.717, 1.165) is 0 Å². The summed E-state index contributed by atoms with van der Waals surface area (Å²) in [5, 5.41) is 11.9. The van der Waals surface area contributed by atoms with Gasteiger partial charge in [0.2, 0.25) is 0 Å². The van der Waals surface area contributed by atoms with Gasteiger partial charge in [-0.25, -0.2) is 4.79 Å². The molecule has 3 amide bonds. The first-order chi connectivity index (χ1) is 17.6. The van der Waals surface area contributed by atoms with Gasteiger partial charge in [0, 0.05) is 40.2 Å². The SMILES string of the molecule is COc1ccc(C(=O)c2c[nH]c(C(=O)Nc3ccc(NC(=O)Nc4cc(C(C)(C)C)on4)cc3)c2)cc1. The molecule has 0 saturated heterocycles. The summed E-state index contributed by atoms with van der Waals surface area (Å²) in [5.41, 5.74) is 1.89. The number of urea groups is 1. The molecule has 190 valence electrons. The first-order valence-electron chi connectivity index (χ1n) is 11.5. The Balaban J connectivity index is 1.32. The Hall–Kier alpha value is -4.86. The minimum absolute atomic E-state index is 0.216. The van der Waals surface area contributed by atoms with Crippen LogP contribution in [0.2, 0.25) is 0 Å². The Morgan fingerprint density at radius 1 is 0.865 bits per heavy atom. The van der Waals surface area contributed by atoms with Gasteiger partial charge in [-0.1, -0.05) is 25.9 Å². The third-order valence-corrected chi connectivity index (χ3v) is 5.43. The van der Waals surface area contributed by atoms with Crippen molar-refractivity contribution in [1.82, 2.24) is 10.1 Å². The van der Waals surface area contributed by atoms with Crippen LogP contribution in [-0.2, 0) is 5.41 Å². The molecule has 0 bridgehead atoms. The molecule has 4 N–H and O–H groups in total. The number of aromatic amines is 1. The zero-order valence-electron chi connectivity index (χ0n) is 20.8. The summed E-state index contributed by atoms with van der Waals surface area (Å²) >= 11 is 0. The molecule has 0 spiro atoms. The van der Waals surface area contributed by atoms with Crippen molar-refractivity contribution in [3.05, 3.63) is 89.4 Å². The topological polar surface area (TPSA) is 138 Å². The van der Waals surface area contributed by atoms with E-state index in [4.69, 9.17) is 9.26 Å². The van der Waals surface area contributed by atoms with Crippen LogP contribution in [0.15, 0.2) is 71.4 Å². The van der Waals surface area contributed by atoms with Crippen LogP contribution < -0.4 is 20.7 Å². The van der Waals surface area contributed by atoms with E-state index in [1.54, 1.807) is 61.7 Å². The Kier molecular flexibility index (Phi) is 7.10. The van der Waals surface area contributed by atoms with Crippen LogP contribution in [0.25, 0.3) is 0 Å². The lowest BCUT2D eigenvalue weighted by Crippen LogP contribution is -2.19. The van der Waals surface area contributed by atoms with E-state index in [1.807, 2.05) is 20.8 Å². The number of methoxy groups -OCH3 is 1. The molecular weight excluding hydrogens is 474 g/mol. The van der Waals surface area contributed by atoms with Crippen LogP contribution >= 0.6 is 0 Å². The van der Waals surface area contributed by atoms with E-state index in [2.05, 4.69) is 26.1 Å². The van der Waals surface area contributed by atoms with Crippen molar-refractivity contribution < 1.29 is 23.6 Å². The average molecular weight is 502 g/mol. The lowest BCUT2D eigenvalue weighted by atomic mass is 9.93. The maximum atomic E-state index is 12.7. The van der Waals surface area contributed by atoms with Crippen LogP contribution in [0.1, 0.15) is 52.9 Å². The monoisotopic (exact) mass is 501 g/mol. The molecule has 2 aromatic heterocycles. The molecule has 0 unspecified atom stereocenters. The van der Waals surface area contributed by atoms with Crippen LogP contribution in [0.4, 0.5) is 22.0 Å². The smallest absolute Gasteiger partial charge is 0.324 e. The maximum Gasteiger partial charge on any atom is 0.324 e. The zero-order chi connectivity index (χ0) is 26.6. The molecule has 10 nitrogen and oxygen atoms in total. The number of H-pyrrole nitrogens is 1. The van der Waals surface area contributed by atoms with Gasteiger partial charge in [0.1, 0.15) is 17.2 Å². The zero-order valence-corrected chi connectivity index (χ0v) is 20.8. The molecule has 2 aromatic carbocycles. The van der Waals surface area contributed by atoms with Crippen molar-refractivity contribution >= 4 is 34.9 Å². The summed E-state index contributed by atoms with van der Waals surface area (Å²) in [7, 11) is 1.55. The molecule has 2 heterocycles. The Bertz CT molecular complexity index is 1410. The molecule has 10 heteroatoms. The molecule has 37 heavy (non-hydrogen) atoms. The molecule has 0 saturated carbocycles. The molecule has 0 radical (unpaired) electrons. The molecule has 0 fully saturated rings. The number of carbonyl (C=O) groups excluding carboxylic acids is 3. The van der Waals surface area contributed by atoms with Gasteiger partial charge in [0.05, 0.1) is 7.11 Å². The fourth-order valence-corrected chi connectivity index (χ4v) is 3.37. The van der Waals surface area contributed by atoms with Gasteiger partial charge in [-0.2, -0.15) is 0 Å². The molecular formula is C27H27N5O5. The third-order valence-electron chi connectivity index (χ3n) is 5.43. The first kappa shape index (κ1) is 25.2. The van der Waals surface area contributed by atoms with Gasteiger partial charge in [-0.05, 0) is 54.6 Å². The van der Waals surface area contributed by atoms with Gasteiger partial charge < -0.3 is 24.9 Å². The van der Waals surface area contributed by atoms with Gasteiger partial charge in [-0.3, -0.25) is 14.9 Å². The molecule has 0 aliphatic rings. The van der Waals surface area contributed by atoms with Gasteiger partial charge in [0.15, 0.2) is 11.6 Å². The average Bonchev–Trinajstić information content (AvgIpc) is 3.55. The third kappa shape index (κ3) is 6.23. The number of benzene rings is 2. The highest BCUT2D eigenvalue weighted by atomic mass is 16.5. The summed E-state index contributed by atoms with van der Waals surface area (Å²) in [6, 6.07) is 16.0. The number of hydrogen-bond acceptors (Lipinski definition) is 6. The van der Waals surface area contributed by atoms with Crippen LogP contribution in [0.5, 0.6) is 5.75 Å². The number of nitrogens with one attached hydrogen (secondary N) is 4. The molecule has 4 aromatic rings. The van der Waals surface area contributed by atoms with Gasteiger partial charge in [-0.15, -0.1) is 0 Å². The van der Waals surface area contributed by atoms with E-state index in [0.29, 0.717) is 39.8 Å². The van der Waals surface area contributed by atoms with Crippen molar-refractivity contribution in [2.75, 3.05) is 23.1 Å². The number of rotatable bonds is 7. The van der Waals surface area contributed by atoms with E-state index >= 15 is 0 Å². The minimum atomic E-state index is -0.481. The quantitative estimate of drug-likeness (QED) is 0.249. The first-order valence-corrected chi connectivity index (χ1v) is 11.5. The molecule has 0 aliphatic carbocycles. The number of ketones is 1. The largest absolute Gasteiger partial charge is 0.497 e. The summed E-state index contributed by atoms with van der Waals surface area (Å²) in [4.78, 5) is 40.4. The van der Waals surface area contributed by atoms with Crippen LogP contribution in [0.3, 0.4) is 0 Å². The number of nitrogens with zero attached hydrogens (tertiary/aromatic N) is 1. The highest BCUT2D eigenvalue weighted by molar-refractivity contribution is 6.11. The second-order valence-corrected chi connectivity index (χ2v) is 9.30. The summed E-state index contributed by atoms with van der Waals surface area (Å²) in [5.74, 6) is 0.987. The number of aromatic nitrogens is 2. The van der Waals surface area contributed by atoms with Crippen molar-refractivity contribution in [2.45, 2.75) is 26.2 Å². The Morgan fingerprint density at radius 2 is 1.51 bits per heavy atom. The highest BCUT2D eigenvalue weighted by Crippen LogP contribution is 2.24. The summed E-state index contributed by atoms with van der Waals surface area (Å²) in [6.07, 6.45) is 1.49. The maximum absolute atomic E-state index is 12.7. The fraction of sp³-hybridized carbons (Fsp3) is 0.185. The van der Waals surface area contributed by atoms with E-state index in [-0.39, 0.29) is 16.9 Å². The minimum Gasteiger partial charge on any atom is -0.497 e. The van der Waals surface area contributed by atoms with Crippen molar-refractivity contribution in [3.63, 3.8) is 0 Å². The second-order valence-electron chi connectivity index (χ2n) is 9.30. The summed E-state index contributed by atoms with van der Waals surface area (Å²) < 4.78 is 10.4. The van der Waals surface area contributed by atoms with E-state index in [9.17, 15) is 14.4 Å². The predicted molar refractivity (Wildman–Crippen MR) is 139 cm³/mol. The fourth-order valence-electron chi connectivity index (χ4n) is 3.37. The Morgan fingerprint density at radius 3 is 2.11 bits per heavy atom. The van der Waals surface area contributed by atoms with Crippen molar-refractivity contribution in [2.24, 2.45) is 0 Å². The molecule has 4 rings (SSSR count). The highest BCUT2D eigenvalue weighted by Gasteiger charge is 2.20. The van der Waals surface area contributed by atoms with E-state index < -0.39 is 11.9 Å². The lowest BCUT2D eigenvalue weighted by molar-refractivity contribution is 0.102. The number of anilines is 3. The van der Waals surface area contributed by atoms with Crippen molar-refractivity contribution in [3.8, 4) is 5.75 Å². The second kappa shape index (κ2) is 10.4. The van der Waals surface area contributed by atoms with E-state index in [1.165, 1.54) is 12.3 Å². The predicted octanol–water partition coefficient (Wildman–Crippen LogP) is 5.44. The molecule has 0 atom stereocenters. The number of amides is 3.